The van der Waals surface area contributed by atoms with E-state index >= 15 is 0 Å². The molecule has 0 aliphatic carbocycles. The van der Waals surface area contributed by atoms with Gasteiger partial charge in [-0.1, -0.05) is 6.92 Å². The summed E-state index contributed by atoms with van der Waals surface area (Å²) in [7, 11) is -3.06. The fourth-order valence-electron chi connectivity index (χ4n) is 1.43. The molecule has 4 nitrogen and oxygen atoms in total. The van der Waals surface area contributed by atoms with Crippen molar-refractivity contribution >= 4 is 9.84 Å². The topological polar surface area (TPSA) is 69.4 Å². The summed E-state index contributed by atoms with van der Waals surface area (Å²) in [5.41, 5.74) is 6.23. The highest BCUT2D eigenvalue weighted by molar-refractivity contribution is 7.91. The Hall–Kier alpha value is -1.14. The zero-order valence-electron chi connectivity index (χ0n) is 10.5. The molecule has 1 atom stereocenters. The van der Waals surface area contributed by atoms with Gasteiger partial charge in [0.25, 0.3) is 0 Å². The normalized spacial score (nSPS) is 13.3. The summed E-state index contributed by atoms with van der Waals surface area (Å²) in [6.45, 7) is 3.34. The molecule has 0 aliphatic rings. The molecule has 0 spiro atoms. The van der Waals surface area contributed by atoms with Gasteiger partial charge < -0.3 is 10.5 Å². The molecule has 1 aromatic rings. The molecule has 0 radical (unpaired) electrons. The summed E-state index contributed by atoms with van der Waals surface area (Å²) in [5.74, 6) is 0.0627. The minimum absolute atomic E-state index is 0.0432. The minimum atomic E-state index is -3.06. The molecule has 18 heavy (non-hydrogen) atoms. The monoisotopic (exact) mass is 275 g/mol. The Morgan fingerprint density at radius 2 is 2.11 bits per heavy atom. The molecule has 102 valence electrons. The molecule has 6 heteroatoms. The Labute approximate surface area is 107 Å². The molecule has 0 saturated carbocycles. The predicted molar refractivity (Wildman–Crippen MR) is 68.8 cm³/mol. The highest BCUT2D eigenvalue weighted by Crippen LogP contribution is 2.24. The second-order valence-corrected chi connectivity index (χ2v) is 6.53. The van der Waals surface area contributed by atoms with Gasteiger partial charge in [-0.2, -0.15) is 0 Å². The molecule has 0 bridgehead atoms. The number of benzene rings is 1. The smallest absolute Gasteiger partial charge is 0.153 e. The molecule has 1 aromatic carbocycles. The molecule has 1 rings (SSSR count). The van der Waals surface area contributed by atoms with Gasteiger partial charge in [0.1, 0.15) is 18.2 Å². The van der Waals surface area contributed by atoms with E-state index in [1.165, 1.54) is 18.2 Å². The molecule has 0 amide bonds. The van der Waals surface area contributed by atoms with Crippen LogP contribution in [-0.4, -0.2) is 26.5 Å². The van der Waals surface area contributed by atoms with E-state index in [-0.39, 0.29) is 24.2 Å². The van der Waals surface area contributed by atoms with E-state index in [0.29, 0.717) is 11.3 Å². The second kappa shape index (κ2) is 6.15. The van der Waals surface area contributed by atoms with Gasteiger partial charge in [-0.3, -0.25) is 0 Å². The molecule has 0 unspecified atom stereocenters. The van der Waals surface area contributed by atoms with Crippen molar-refractivity contribution in [3.05, 3.63) is 29.6 Å². The van der Waals surface area contributed by atoms with Crippen molar-refractivity contribution in [1.29, 1.82) is 0 Å². The van der Waals surface area contributed by atoms with Crippen LogP contribution in [0.3, 0.4) is 0 Å². The van der Waals surface area contributed by atoms with Crippen LogP contribution in [0.25, 0.3) is 0 Å². The Kier molecular flexibility index (Phi) is 5.10. The quantitative estimate of drug-likeness (QED) is 0.857. The number of hydrogen-bond donors (Lipinski definition) is 1. The van der Waals surface area contributed by atoms with Crippen LogP contribution in [0.1, 0.15) is 25.5 Å². The molecular formula is C12H18FNO3S. The van der Waals surface area contributed by atoms with E-state index in [0.717, 1.165) is 0 Å². The van der Waals surface area contributed by atoms with Crippen molar-refractivity contribution in [3.63, 3.8) is 0 Å². The molecule has 0 aromatic heterocycles. The van der Waals surface area contributed by atoms with Gasteiger partial charge in [-0.05, 0) is 25.1 Å². The first-order valence-corrected chi connectivity index (χ1v) is 7.56. The van der Waals surface area contributed by atoms with Gasteiger partial charge in [0, 0.05) is 17.4 Å². The van der Waals surface area contributed by atoms with Crippen LogP contribution in [0.4, 0.5) is 4.39 Å². The van der Waals surface area contributed by atoms with Crippen LogP contribution < -0.4 is 10.5 Å². The molecule has 2 N–H and O–H groups in total. The Bertz CT molecular complexity index is 500. The van der Waals surface area contributed by atoms with Gasteiger partial charge in [-0.15, -0.1) is 0 Å². The maximum atomic E-state index is 13.1. The Morgan fingerprint density at radius 1 is 1.44 bits per heavy atom. The number of rotatable bonds is 6. The van der Waals surface area contributed by atoms with Crippen LogP contribution in [0.2, 0.25) is 0 Å². The second-order valence-electron chi connectivity index (χ2n) is 4.06. The highest BCUT2D eigenvalue weighted by Gasteiger charge is 2.12. The fourth-order valence-corrected chi connectivity index (χ4v) is 2.06. The van der Waals surface area contributed by atoms with Crippen LogP contribution in [0.15, 0.2) is 18.2 Å². The summed E-state index contributed by atoms with van der Waals surface area (Å²) >= 11 is 0. The fraction of sp³-hybridized carbons (Fsp3) is 0.500. The average molecular weight is 275 g/mol. The number of nitrogens with two attached hydrogens (primary N) is 1. The van der Waals surface area contributed by atoms with E-state index in [1.807, 2.05) is 0 Å². The first kappa shape index (κ1) is 14.9. The molecule has 0 heterocycles. The molecule has 0 fully saturated rings. The number of sulfone groups is 1. The third-order valence-electron chi connectivity index (χ3n) is 2.55. The minimum Gasteiger partial charge on any atom is -0.492 e. The average Bonchev–Trinajstić information content (AvgIpc) is 2.30. The Morgan fingerprint density at radius 3 is 2.67 bits per heavy atom. The molecule has 0 saturated heterocycles. The van der Waals surface area contributed by atoms with Gasteiger partial charge in [0.2, 0.25) is 0 Å². The lowest BCUT2D eigenvalue weighted by Crippen LogP contribution is -2.17. The Balaban J connectivity index is 2.73. The van der Waals surface area contributed by atoms with Crippen LogP contribution in [-0.2, 0) is 9.84 Å². The van der Waals surface area contributed by atoms with Crippen LogP contribution >= 0.6 is 0 Å². The molecular weight excluding hydrogens is 257 g/mol. The third-order valence-corrected chi connectivity index (χ3v) is 4.22. The first-order valence-electron chi connectivity index (χ1n) is 5.74. The number of halogens is 1. The van der Waals surface area contributed by atoms with E-state index in [9.17, 15) is 12.8 Å². The maximum Gasteiger partial charge on any atom is 0.153 e. The van der Waals surface area contributed by atoms with E-state index in [1.54, 1.807) is 13.8 Å². The largest absolute Gasteiger partial charge is 0.492 e. The van der Waals surface area contributed by atoms with E-state index < -0.39 is 15.7 Å². The SMILES string of the molecule is CCS(=O)(=O)CCOc1ccc(F)cc1[C@@H](C)N. The summed E-state index contributed by atoms with van der Waals surface area (Å²) in [6.07, 6.45) is 0. The first-order chi connectivity index (χ1) is 8.35. The van der Waals surface area contributed by atoms with Crippen molar-refractivity contribution in [2.45, 2.75) is 19.9 Å². The van der Waals surface area contributed by atoms with Crippen molar-refractivity contribution in [3.8, 4) is 5.75 Å². The standard InChI is InChI=1S/C12H18FNO3S/c1-3-18(15,16)7-6-17-12-5-4-10(13)8-11(12)9(2)14/h4-5,8-9H,3,6-7,14H2,1-2H3/t9-/m1/s1. The zero-order valence-corrected chi connectivity index (χ0v) is 11.3. The van der Waals surface area contributed by atoms with Crippen molar-refractivity contribution in [2.24, 2.45) is 5.73 Å². The number of ether oxygens (including phenoxy) is 1. The predicted octanol–water partition coefficient (Wildman–Crippen LogP) is 1.66. The van der Waals surface area contributed by atoms with E-state index in [4.69, 9.17) is 10.5 Å². The van der Waals surface area contributed by atoms with Crippen LogP contribution in [0, 0.1) is 5.82 Å². The lowest BCUT2D eigenvalue weighted by Gasteiger charge is -2.14. The lowest BCUT2D eigenvalue weighted by atomic mass is 10.1. The lowest BCUT2D eigenvalue weighted by molar-refractivity contribution is 0.334. The van der Waals surface area contributed by atoms with Crippen molar-refractivity contribution in [1.82, 2.24) is 0 Å². The third kappa shape index (κ3) is 4.27. The van der Waals surface area contributed by atoms with Gasteiger partial charge >= 0.3 is 0 Å². The van der Waals surface area contributed by atoms with Crippen LogP contribution in [0.5, 0.6) is 5.75 Å². The summed E-state index contributed by atoms with van der Waals surface area (Å²) in [4.78, 5) is 0. The summed E-state index contributed by atoms with van der Waals surface area (Å²) in [5, 5.41) is 0. The maximum absolute atomic E-state index is 13.1. The van der Waals surface area contributed by atoms with Gasteiger partial charge in [0.05, 0.1) is 5.75 Å². The summed E-state index contributed by atoms with van der Waals surface area (Å²) in [6, 6.07) is 3.65. The number of hydrogen-bond acceptors (Lipinski definition) is 4. The highest BCUT2D eigenvalue weighted by atomic mass is 32.2. The van der Waals surface area contributed by atoms with Crippen molar-refractivity contribution < 1.29 is 17.5 Å². The molecule has 0 aliphatic heterocycles. The van der Waals surface area contributed by atoms with E-state index in [2.05, 4.69) is 0 Å². The van der Waals surface area contributed by atoms with Crippen molar-refractivity contribution in [2.75, 3.05) is 18.1 Å². The zero-order chi connectivity index (χ0) is 13.8. The van der Waals surface area contributed by atoms with Gasteiger partial charge in [-0.25, -0.2) is 12.8 Å². The summed E-state index contributed by atoms with van der Waals surface area (Å²) < 4.78 is 41.0. The van der Waals surface area contributed by atoms with Gasteiger partial charge in [0.15, 0.2) is 9.84 Å².